The van der Waals surface area contributed by atoms with E-state index in [0.29, 0.717) is 30.5 Å². The molecular formula is C30H26FNO4. The molecule has 0 bridgehead atoms. The van der Waals surface area contributed by atoms with Gasteiger partial charge in [-0.05, 0) is 76.6 Å². The summed E-state index contributed by atoms with van der Waals surface area (Å²) in [5.41, 5.74) is 5.41. The van der Waals surface area contributed by atoms with Gasteiger partial charge in [0.05, 0.1) is 12.0 Å². The number of halogens is 1. The number of benzene rings is 4. The van der Waals surface area contributed by atoms with Crippen molar-refractivity contribution in [2.45, 2.75) is 24.9 Å². The van der Waals surface area contributed by atoms with Crippen molar-refractivity contribution in [3.05, 3.63) is 107 Å². The van der Waals surface area contributed by atoms with Gasteiger partial charge >= 0.3 is 0 Å². The van der Waals surface area contributed by atoms with E-state index in [1.54, 1.807) is 36.4 Å². The Bertz CT molecular complexity index is 1420. The number of rotatable bonds is 7. The van der Waals surface area contributed by atoms with Crippen molar-refractivity contribution in [1.82, 2.24) is 5.32 Å². The van der Waals surface area contributed by atoms with Gasteiger partial charge in [-0.25, -0.2) is 4.39 Å². The first-order valence-electron chi connectivity index (χ1n) is 11.9. The minimum Gasteiger partial charge on any atom is -0.508 e. The van der Waals surface area contributed by atoms with Crippen molar-refractivity contribution in [2.75, 3.05) is 6.54 Å². The number of carbonyl (C=O) groups excluding carboxylic acids is 1. The molecule has 1 aliphatic rings. The van der Waals surface area contributed by atoms with Gasteiger partial charge in [0.15, 0.2) is 0 Å². The van der Waals surface area contributed by atoms with Gasteiger partial charge < -0.3 is 20.6 Å². The van der Waals surface area contributed by atoms with Crippen LogP contribution in [-0.4, -0.2) is 27.8 Å². The summed E-state index contributed by atoms with van der Waals surface area (Å²) in [6, 6.07) is 23.8. The lowest BCUT2D eigenvalue weighted by Gasteiger charge is -2.27. The molecule has 0 radical (unpaired) electrons. The molecule has 1 heterocycles. The van der Waals surface area contributed by atoms with Gasteiger partial charge in [-0.3, -0.25) is 4.79 Å². The first kappa shape index (κ1) is 23.6. The van der Waals surface area contributed by atoms with E-state index in [1.807, 2.05) is 36.4 Å². The van der Waals surface area contributed by atoms with Crippen LogP contribution in [0.25, 0.3) is 22.3 Å². The van der Waals surface area contributed by atoms with Crippen LogP contribution < -0.4 is 5.32 Å². The molecule has 5 rings (SSSR count). The van der Waals surface area contributed by atoms with E-state index in [0.717, 1.165) is 27.8 Å². The molecule has 36 heavy (non-hydrogen) atoms. The van der Waals surface area contributed by atoms with Gasteiger partial charge in [0.25, 0.3) is 0 Å². The minimum absolute atomic E-state index is 0.0154. The third kappa shape index (κ3) is 4.81. The maximum atomic E-state index is 13.3. The molecule has 4 aromatic carbocycles. The fraction of sp³-hybridized carbons (Fsp3) is 0.167. The van der Waals surface area contributed by atoms with Crippen LogP contribution in [0.5, 0.6) is 11.5 Å². The number of aryl methyl sites for hydroxylation is 1. The number of nitrogens with one attached hydrogen (secondary N) is 1. The number of hydrogen-bond acceptors (Lipinski definition) is 4. The van der Waals surface area contributed by atoms with Crippen LogP contribution in [0.4, 0.5) is 4.39 Å². The lowest BCUT2D eigenvalue weighted by Crippen LogP contribution is -2.46. The summed E-state index contributed by atoms with van der Waals surface area (Å²) < 4.78 is 13.3. The van der Waals surface area contributed by atoms with Gasteiger partial charge in [-0.2, -0.15) is 0 Å². The van der Waals surface area contributed by atoms with E-state index >= 15 is 0 Å². The number of phenolic OH excluding ortho intramolecular Hbond substituents is 2. The zero-order valence-corrected chi connectivity index (χ0v) is 19.5. The van der Waals surface area contributed by atoms with Gasteiger partial charge in [0, 0.05) is 12.1 Å². The third-order valence-electron chi connectivity index (χ3n) is 6.74. The Labute approximate surface area is 208 Å². The van der Waals surface area contributed by atoms with E-state index < -0.39 is 6.10 Å². The molecule has 0 spiro atoms. The molecule has 4 aromatic rings. The van der Waals surface area contributed by atoms with Crippen LogP contribution in [-0.2, 0) is 11.2 Å². The molecule has 1 aliphatic heterocycles. The largest absolute Gasteiger partial charge is 0.508 e. The standard InChI is InChI=1S/C30H26FNO4/c31-23-9-4-18(5-10-23)28(34)13-8-21-14-22(27-17-32-30(27)36)7-11-25(21)26-12-6-20(16-29(26)35)19-2-1-3-24(33)15-19/h1-7,9-12,14-16,27-28,33-35H,8,13,17H2,(H,32,36)/t27-,28-/m0/s1. The summed E-state index contributed by atoms with van der Waals surface area (Å²) in [6.45, 7) is 0.583. The Balaban J connectivity index is 1.47. The van der Waals surface area contributed by atoms with Crippen LogP contribution in [0.2, 0.25) is 0 Å². The summed E-state index contributed by atoms with van der Waals surface area (Å²) in [5, 5.41) is 34.2. The van der Waals surface area contributed by atoms with Crippen LogP contribution in [0.3, 0.4) is 0 Å². The molecule has 1 amide bonds. The Morgan fingerprint density at radius 2 is 1.64 bits per heavy atom. The van der Waals surface area contributed by atoms with Crippen LogP contribution in [0.1, 0.15) is 35.1 Å². The molecule has 0 aromatic heterocycles. The molecule has 1 saturated heterocycles. The van der Waals surface area contributed by atoms with Crippen LogP contribution >= 0.6 is 0 Å². The summed E-state index contributed by atoms with van der Waals surface area (Å²) in [5.74, 6) is -0.344. The zero-order chi connectivity index (χ0) is 25.2. The predicted molar refractivity (Wildman–Crippen MR) is 136 cm³/mol. The highest BCUT2D eigenvalue weighted by atomic mass is 19.1. The average Bonchev–Trinajstić information content (AvgIpc) is 2.87. The average molecular weight is 484 g/mol. The molecule has 0 saturated carbocycles. The van der Waals surface area contributed by atoms with E-state index in [2.05, 4.69) is 5.32 Å². The maximum Gasteiger partial charge on any atom is 0.229 e. The molecule has 0 unspecified atom stereocenters. The number of aliphatic hydroxyl groups is 1. The maximum absolute atomic E-state index is 13.3. The first-order valence-corrected chi connectivity index (χ1v) is 11.9. The lowest BCUT2D eigenvalue weighted by molar-refractivity contribution is -0.127. The second kappa shape index (κ2) is 9.84. The van der Waals surface area contributed by atoms with E-state index in [1.165, 1.54) is 12.1 Å². The molecule has 0 aliphatic carbocycles. The van der Waals surface area contributed by atoms with Crippen molar-refractivity contribution in [2.24, 2.45) is 0 Å². The number of amides is 1. The van der Waals surface area contributed by atoms with Crippen molar-refractivity contribution >= 4 is 5.91 Å². The fourth-order valence-corrected chi connectivity index (χ4v) is 4.62. The third-order valence-corrected chi connectivity index (χ3v) is 6.74. The molecule has 2 atom stereocenters. The predicted octanol–water partition coefficient (Wildman–Crippen LogP) is 5.45. The molecular weight excluding hydrogens is 457 g/mol. The topological polar surface area (TPSA) is 89.8 Å². The van der Waals surface area contributed by atoms with Crippen LogP contribution in [0.15, 0.2) is 84.9 Å². The van der Waals surface area contributed by atoms with Crippen molar-refractivity contribution in [3.8, 4) is 33.8 Å². The normalized spacial score (nSPS) is 15.7. The lowest BCUT2D eigenvalue weighted by atomic mass is 9.86. The second-order valence-corrected chi connectivity index (χ2v) is 9.10. The Morgan fingerprint density at radius 1 is 0.889 bits per heavy atom. The van der Waals surface area contributed by atoms with E-state index in [4.69, 9.17) is 0 Å². The minimum atomic E-state index is -0.782. The number of β-lactam (4-membered cyclic amide) rings is 1. The van der Waals surface area contributed by atoms with Crippen molar-refractivity contribution in [1.29, 1.82) is 0 Å². The summed E-state index contributed by atoms with van der Waals surface area (Å²) in [4.78, 5) is 12.0. The SMILES string of the molecule is O=C1NC[C@H]1c1ccc(-c2ccc(-c3cccc(O)c3)cc2O)c(CC[C@H](O)c2ccc(F)cc2)c1. The smallest absolute Gasteiger partial charge is 0.229 e. The highest BCUT2D eigenvalue weighted by Crippen LogP contribution is 2.38. The Kier molecular flexibility index (Phi) is 6.44. The summed E-state index contributed by atoms with van der Waals surface area (Å²) >= 11 is 0. The van der Waals surface area contributed by atoms with Crippen molar-refractivity contribution < 1.29 is 24.5 Å². The number of hydrogen-bond donors (Lipinski definition) is 4. The van der Waals surface area contributed by atoms with E-state index in [9.17, 15) is 24.5 Å². The fourth-order valence-electron chi connectivity index (χ4n) is 4.62. The van der Waals surface area contributed by atoms with Gasteiger partial charge in [0.1, 0.15) is 17.3 Å². The zero-order valence-electron chi connectivity index (χ0n) is 19.5. The highest BCUT2D eigenvalue weighted by molar-refractivity contribution is 5.90. The number of carbonyl (C=O) groups is 1. The number of aromatic hydroxyl groups is 2. The number of aliphatic hydroxyl groups excluding tert-OH is 1. The van der Waals surface area contributed by atoms with Crippen molar-refractivity contribution in [3.63, 3.8) is 0 Å². The summed E-state index contributed by atoms with van der Waals surface area (Å²) in [6.07, 6.45) is 0.0982. The monoisotopic (exact) mass is 483 g/mol. The molecule has 182 valence electrons. The number of phenols is 2. The Morgan fingerprint density at radius 3 is 2.31 bits per heavy atom. The summed E-state index contributed by atoms with van der Waals surface area (Å²) in [7, 11) is 0. The van der Waals surface area contributed by atoms with E-state index in [-0.39, 0.29) is 29.1 Å². The molecule has 1 fully saturated rings. The molecule has 6 heteroatoms. The van der Waals surface area contributed by atoms with Gasteiger partial charge in [-0.1, -0.05) is 54.6 Å². The van der Waals surface area contributed by atoms with Crippen LogP contribution in [0, 0.1) is 5.82 Å². The highest BCUT2D eigenvalue weighted by Gasteiger charge is 2.29. The Hall–Kier alpha value is -4.16. The molecule has 5 nitrogen and oxygen atoms in total. The first-order chi connectivity index (χ1) is 17.4. The molecule has 4 N–H and O–H groups in total. The quantitative estimate of drug-likeness (QED) is 0.263. The van der Waals surface area contributed by atoms with Gasteiger partial charge in [0.2, 0.25) is 5.91 Å². The van der Waals surface area contributed by atoms with Gasteiger partial charge in [-0.15, -0.1) is 0 Å². The second-order valence-electron chi connectivity index (χ2n) is 9.10.